The van der Waals surface area contributed by atoms with Crippen molar-refractivity contribution in [1.82, 2.24) is 4.98 Å². The zero-order valence-electron chi connectivity index (χ0n) is 18.4. The van der Waals surface area contributed by atoms with E-state index in [4.69, 9.17) is 0 Å². The molecule has 2 atom stereocenters. The molecule has 0 aliphatic rings. The van der Waals surface area contributed by atoms with Crippen molar-refractivity contribution in [2.75, 3.05) is 0 Å². The lowest BCUT2D eigenvalue weighted by atomic mass is 9.84. The van der Waals surface area contributed by atoms with Gasteiger partial charge in [-0.1, -0.05) is 102 Å². The van der Waals surface area contributed by atoms with E-state index in [-0.39, 0.29) is 0 Å². The van der Waals surface area contributed by atoms with Gasteiger partial charge >= 0.3 is 0 Å². The number of unbranched alkanes of at least 4 members (excludes halogenated alkanes) is 8. The lowest BCUT2D eigenvalue weighted by Crippen LogP contribution is -2.42. The minimum Gasteiger partial charge on any atom is -0.250 e. The van der Waals surface area contributed by atoms with Crippen molar-refractivity contribution in [2.24, 2.45) is 5.92 Å². The molecule has 0 radical (unpaired) electrons. The van der Waals surface area contributed by atoms with E-state index in [0.29, 0.717) is 6.04 Å². The molecule has 2 rings (SSSR count). The van der Waals surface area contributed by atoms with Gasteiger partial charge in [0.05, 0.1) is 0 Å². The van der Waals surface area contributed by atoms with Crippen molar-refractivity contribution in [3.05, 3.63) is 54.6 Å². The Morgan fingerprint density at radius 2 is 1.43 bits per heavy atom. The first-order valence-electron chi connectivity index (χ1n) is 11.9. The fraction of sp³-hybridized carbons (Fsp3) is 0.654. The van der Waals surface area contributed by atoms with Crippen molar-refractivity contribution < 1.29 is 4.57 Å². The van der Waals surface area contributed by atoms with E-state index in [9.17, 15) is 0 Å². The Morgan fingerprint density at radius 1 is 0.786 bits per heavy atom. The Hall–Kier alpha value is -1.57. The van der Waals surface area contributed by atoms with Gasteiger partial charge in [-0.3, -0.25) is 4.98 Å². The van der Waals surface area contributed by atoms with E-state index in [1.54, 1.807) is 0 Å². The Balaban J connectivity index is 2.01. The molecule has 2 aromatic rings. The summed E-state index contributed by atoms with van der Waals surface area (Å²) in [5.41, 5.74) is 1.49. The maximum atomic E-state index is 3.28. The van der Waals surface area contributed by atoms with Crippen LogP contribution < -0.4 is 4.57 Å². The average molecular weight is 384 g/mol. The number of hydrogen-bond donors (Lipinski definition) is 1. The predicted molar refractivity (Wildman–Crippen MR) is 120 cm³/mol. The van der Waals surface area contributed by atoms with E-state index in [0.717, 1.165) is 5.92 Å². The van der Waals surface area contributed by atoms with Gasteiger partial charge in [0.1, 0.15) is 18.4 Å². The fourth-order valence-electron chi connectivity index (χ4n) is 4.45. The number of aromatic amines is 1. The van der Waals surface area contributed by atoms with Gasteiger partial charge in [-0.15, -0.1) is 0 Å². The zero-order chi connectivity index (χ0) is 19.9. The largest absolute Gasteiger partial charge is 0.250 e. The number of rotatable bonds is 16. The maximum absolute atomic E-state index is 3.28. The van der Waals surface area contributed by atoms with Gasteiger partial charge < -0.3 is 0 Å². The number of H-pyrrole nitrogens is 1. The average Bonchev–Trinajstić information content (AvgIpc) is 3.25. The van der Waals surface area contributed by atoms with Crippen LogP contribution in [0, 0.1) is 5.92 Å². The number of nitrogens with one attached hydrogen (secondary N) is 1. The summed E-state index contributed by atoms with van der Waals surface area (Å²) in [6.07, 6.45) is 24.0. The van der Waals surface area contributed by atoms with E-state index < -0.39 is 0 Å². The fourth-order valence-corrected chi connectivity index (χ4v) is 4.45. The summed E-state index contributed by atoms with van der Waals surface area (Å²) >= 11 is 0. The summed E-state index contributed by atoms with van der Waals surface area (Å²) in [4.78, 5) is 3.28. The first-order chi connectivity index (χ1) is 13.8. The molecule has 28 heavy (non-hydrogen) atoms. The van der Waals surface area contributed by atoms with Crippen LogP contribution in [0.3, 0.4) is 0 Å². The van der Waals surface area contributed by atoms with Crippen LogP contribution in [0.2, 0.25) is 0 Å². The van der Waals surface area contributed by atoms with Crippen LogP contribution in [0.25, 0.3) is 0 Å². The molecule has 0 fully saturated rings. The molecule has 2 nitrogen and oxygen atoms in total. The summed E-state index contributed by atoms with van der Waals surface area (Å²) in [6, 6.07) is 11.7. The summed E-state index contributed by atoms with van der Waals surface area (Å²) < 4.78 is 2.45. The molecule has 156 valence electrons. The molecule has 0 spiro atoms. The summed E-state index contributed by atoms with van der Waals surface area (Å²) in [7, 11) is 0. The van der Waals surface area contributed by atoms with Crippen molar-refractivity contribution in [1.29, 1.82) is 0 Å². The van der Waals surface area contributed by atoms with Crippen molar-refractivity contribution in [3.63, 3.8) is 0 Å². The first-order valence-corrected chi connectivity index (χ1v) is 11.9. The van der Waals surface area contributed by atoms with E-state index in [1.807, 2.05) is 0 Å². The topological polar surface area (TPSA) is 19.7 Å². The molecule has 1 aromatic heterocycles. The smallest absolute Gasteiger partial charge is 0.241 e. The van der Waals surface area contributed by atoms with Crippen molar-refractivity contribution in [3.8, 4) is 0 Å². The SMILES string of the molecule is CCCCCCCCC(Cc1ccccc1)C(CCCCCC)[n+]1cc[nH]c1. The Kier molecular flexibility index (Phi) is 11.7. The molecule has 0 amide bonds. The Morgan fingerprint density at radius 3 is 2.11 bits per heavy atom. The second-order valence-electron chi connectivity index (χ2n) is 8.48. The summed E-state index contributed by atoms with van der Waals surface area (Å²) in [5.74, 6) is 0.719. The van der Waals surface area contributed by atoms with Gasteiger partial charge in [-0.25, -0.2) is 4.57 Å². The molecule has 2 heteroatoms. The van der Waals surface area contributed by atoms with Gasteiger partial charge in [-0.05, 0) is 31.2 Å². The third kappa shape index (κ3) is 8.63. The minimum absolute atomic E-state index is 0.610. The number of nitrogens with zero attached hydrogens (tertiary/aromatic N) is 1. The molecular formula is C26H43N2+. The van der Waals surface area contributed by atoms with Gasteiger partial charge in [0.15, 0.2) is 0 Å². The second kappa shape index (κ2) is 14.4. The molecule has 1 heterocycles. The Bertz CT molecular complexity index is 576. The van der Waals surface area contributed by atoms with Crippen LogP contribution in [-0.2, 0) is 6.42 Å². The molecule has 0 saturated carbocycles. The van der Waals surface area contributed by atoms with Crippen LogP contribution in [0.4, 0.5) is 0 Å². The van der Waals surface area contributed by atoms with Gasteiger partial charge in [0, 0.05) is 5.92 Å². The molecule has 0 bridgehead atoms. The van der Waals surface area contributed by atoms with Crippen LogP contribution in [0.5, 0.6) is 0 Å². The first kappa shape index (κ1) is 22.7. The summed E-state index contributed by atoms with van der Waals surface area (Å²) in [5, 5.41) is 0. The molecule has 0 aliphatic carbocycles. The maximum Gasteiger partial charge on any atom is 0.241 e. The van der Waals surface area contributed by atoms with E-state index in [1.165, 1.54) is 89.0 Å². The second-order valence-corrected chi connectivity index (χ2v) is 8.48. The van der Waals surface area contributed by atoms with Gasteiger partial charge in [0.2, 0.25) is 6.33 Å². The quantitative estimate of drug-likeness (QED) is 0.230. The number of benzene rings is 1. The van der Waals surface area contributed by atoms with E-state index >= 15 is 0 Å². The third-order valence-electron chi connectivity index (χ3n) is 6.12. The van der Waals surface area contributed by atoms with Crippen molar-refractivity contribution >= 4 is 0 Å². The monoisotopic (exact) mass is 383 g/mol. The van der Waals surface area contributed by atoms with Crippen LogP contribution in [0.15, 0.2) is 49.1 Å². The molecule has 1 aromatic carbocycles. The number of hydrogen-bond acceptors (Lipinski definition) is 0. The van der Waals surface area contributed by atoms with Crippen molar-refractivity contribution in [2.45, 2.75) is 103 Å². The minimum atomic E-state index is 0.610. The molecule has 0 saturated heterocycles. The standard InChI is InChI=1S/C26H42N2/c1-3-5-7-9-10-14-18-25(22-24-16-12-11-13-17-24)26(19-15-8-6-4-2)28-21-20-27-23-28/h11-13,16-17,20-21,23,25-26H,3-10,14-15,18-19,22H2,1-2H3/p+1. The van der Waals surface area contributed by atoms with Crippen LogP contribution >= 0.6 is 0 Å². The zero-order valence-corrected chi connectivity index (χ0v) is 18.4. The lowest BCUT2D eigenvalue weighted by Gasteiger charge is -2.25. The Labute approximate surface area is 173 Å². The highest BCUT2D eigenvalue weighted by atomic mass is 15.1. The van der Waals surface area contributed by atoms with Crippen LogP contribution in [0.1, 0.15) is 103 Å². The number of imidazole rings is 1. The lowest BCUT2D eigenvalue weighted by molar-refractivity contribution is -0.730. The molecule has 2 unspecified atom stereocenters. The van der Waals surface area contributed by atoms with E-state index in [2.05, 4.69) is 72.5 Å². The molecular weight excluding hydrogens is 340 g/mol. The van der Waals surface area contributed by atoms with Gasteiger partial charge in [0.25, 0.3) is 0 Å². The number of aromatic nitrogens is 2. The molecule has 0 aliphatic heterocycles. The highest BCUT2D eigenvalue weighted by Crippen LogP contribution is 2.28. The third-order valence-corrected chi connectivity index (χ3v) is 6.12. The molecule has 1 N–H and O–H groups in total. The van der Waals surface area contributed by atoms with Gasteiger partial charge in [-0.2, -0.15) is 0 Å². The highest BCUT2D eigenvalue weighted by Gasteiger charge is 2.26. The summed E-state index contributed by atoms with van der Waals surface area (Å²) in [6.45, 7) is 4.60. The normalized spacial score (nSPS) is 13.5. The van der Waals surface area contributed by atoms with Crippen LogP contribution in [-0.4, -0.2) is 4.98 Å². The predicted octanol–water partition coefficient (Wildman–Crippen LogP) is 7.42. The highest BCUT2D eigenvalue weighted by molar-refractivity contribution is 5.15.